The van der Waals surface area contributed by atoms with Gasteiger partial charge in [0, 0.05) is 14.6 Å². The van der Waals surface area contributed by atoms with Gasteiger partial charge in [0.25, 0.3) is 5.91 Å². The van der Waals surface area contributed by atoms with Crippen LogP contribution in [0.5, 0.6) is 5.75 Å². The third-order valence-electron chi connectivity index (χ3n) is 2.65. The van der Waals surface area contributed by atoms with Crippen molar-refractivity contribution in [3.05, 3.63) is 50.9 Å². The van der Waals surface area contributed by atoms with Gasteiger partial charge in [-0.25, -0.2) is 0 Å². The minimum Gasteiger partial charge on any atom is -0.496 e. The van der Waals surface area contributed by atoms with Crippen molar-refractivity contribution in [3.63, 3.8) is 0 Å². The third-order valence-corrected chi connectivity index (χ3v) is 3.80. The molecule has 0 unspecified atom stereocenters. The molecule has 20 heavy (non-hydrogen) atoms. The molecular formula is C14H12Br2N2O2. The summed E-state index contributed by atoms with van der Waals surface area (Å²) in [6.07, 6.45) is 0. The van der Waals surface area contributed by atoms with E-state index < -0.39 is 0 Å². The largest absolute Gasteiger partial charge is 0.496 e. The van der Waals surface area contributed by atoms with Crippen molar-refractivity contribution in [2.24, 2.45) is 0 Å². The Bertz CT molecular complexity index is 660. The fraction of sp³-hybridized carbons (Fsp3) is 0.0714. The van der Waals surface area contributed by atoms with Crippen LogP contribution in [0.15, 0.2) is 45.3 Å². The van der Waals surface area contributed by atoms with Gasteiger partial charge in [0.1, 0.15) is 5.75 Å². The highest BCUT2D eigenvalue weighted by molar-refractivity contribution is 9.11. The number of nitrogens with two attached hydrogens (primary N) is 1. The molecule has 1 amide bonds. The highest BCUT2D eigenvalue weighted by Gasteiger charge is 2.14. The summed E-state index contributed by atoms with van der Waals surface area (Å²) in [6, 6.07) is 10.4. The number of ether oxygens (including phenoxy) is 1. The molecule has 2 rings (SSSR count). The van der Waals surface area contributed by atoms with Crippen LogP contribution in [0.4, 0.5) is 11.4 Å². The third kappa shape index (κ3) is 3.32. The lowest BCUT2D eigenvalue weighted by atomic mass is 10.1. The molecule has 0 fully saturated rings. The average Bonchev–Trinajstić information content (AvgIpc) is 2.41. The highest BCUT2D eigenvalue weighted by Crippen LogP contribution is 2.28. The first kappa shape index (κ1) is 14.9. The molecule has 0 saturated heterocycles. The number of nitrogen functional groups attached to an aromatic ring is 1. The number of hydrogen-bond donors (Lipinski definition) is 2. The molecule has 0 atom stereocenters. The van der Waals surface area contributed by atoms with Gasteiger partial charge < -0.3 is 15.8 Å². The Kier molecular flexibility index (Phi) is 4.67. The van der Waals surface area contributed by atoms with Gasteiger partial charge in [0.15, 0.2) is 0 Å². The van der Waals surface area contributed by atoms with Gasteiger partial charge in [-0.05, 0) is 52.3 Å². The molecule has 0 heterocycles. The zero-order chi connectivity index (χ0) is 14.7. The van der Waals surface area contributed by atoms with Gasteiger partial charge >= 0.3 is 0 Å². The van der Waals surface area contributed by atoms with Gasteiger partial charge in [-0.3, -0.25) is 4.79 Å². The summed E-state index contributed by atoms with van der Waals surface area (Å²) >= 11 is 6.76. The molecule has 104 valence electrons. The van der Waals surface area contributed by atoms with E-state index >= 15 is 0 Å². The lowest BCUT2D eigenvalue weighted by Crippen LogP contribution is -2.14. The molecular weight excluding hydrogens is 388 g/mol. The van der Waals surface area contributed by atoms with Crippen molar-refractivity contribution < 1.29 is 9.53 Å². The fourth-order valence-electron chi connectivity index (χ4n) is 1.68. The summed E-state index contributed by atoms with van der Waals surface area (Å²) in [5, 5.41) is 2.81. The highest BCUT2D eigenvalue weighted by atomic mass is 79.9. The number of nitrogens with one attached hydrogen (secondary N) is 1. The quantitative estimate of drug-likeness (QED) is 0.765. The predicted molar refractivity (Wildman–Crippen MR) is 87.2 cm³/mol. The van der Waals surface area contributed by atoms with E-state index in [2.05, 4.69) is 37.2 Å². The second-order valence-corrected chi connectivity index (χ2v) is 5.81. The monoisotopic (exact) mass is 398 g/mol. The molecule has 0 spiro atoms. The number of benzene rings is 2. The van der Waals surface area contributed by atoms with Gasteiger partial charge in [-0.2, -0.15) is 0 Å². The van der Waals surface area contributed by atoms with Gasteiger partial charge in [0.2, 0.25) is 0 Å². The van der Waals surface area contributed by atoms with Crippen molar-refractivity contribution in [1.82, 2.24) is 0 Å². The van der Waals surface area contributed by atoms with Crippen molar-refractivity contribution in [1.29, 1.82) is 0 Å². The van der Waals surface area contributed by atoms with Crippen LogP contribution in [-0.2, 0) is 0 Å². The predicted octanol–water partition coefficient (Wildman–Crippen LogP) is 4.05. The molecule has 0 bridgehead atoms. The average molecular weight is 400 g/mol. The lowest BCUT2D eigenvalue weighted by molar-refractivity contribution is 0.102. The number of amides is 1. The molecule has 0 aliphatic rings. The summed E-state index contributed by atoms with van der Waals surface area (Å²) < 4.78 is 6.87. The number of carbonyl (C=O) groups excluding carboxylic acids is 1. The fourth-order valence-corrected chi connectivity index (χ4v) is 2.83. The van der Waals surface area contributed by atoms with E-state index in [-0.39, 0.29) is 5.91 Å². The maximum absolute atomic E-state index is 12.3. The number of anilines is 2. The molecule has 4 nitrogen and oxygen atoms in total. The first-order chi connectivity index (χ1) is 9.51. The summed E-state index contributed by atoms with van der Waals surface area (Å²) in [5.41, 5.74) is 7.28. The number of halogens is 2. The number of carbonyl (C=O) groups is 1. The second kappa shape index (κ2) is 6.28. The Morgan fingerprint density at radius 1 is 1.20 bits per heavy atom. The van der Waals surface area contributed by atoms with Crippen LogP contribution in [0.3, 0.4) is 0 Å². The van der Waals surface area contributed by atoms with Crippen LogP contribution >= 0.6 is 31.9 Å². The zero-order valence-corrected chi connectivity index (χ0v) is 13.8. The van der Waals surface area contributed by atoms with E-state index in [0.29, 0.717) is 22.7 Å². The van der Waals surface area contributed by atoms with Crippen LogP contribution in [0.2, 0.25) is 0 Å². The van der Waals surface area contributed by atoms with Gasteiger partial charge in [-0.15, -0.1) is 0 Å². The van der Waals surface area contributed by atoms with Gasteiger partial charge in [-0.1, -0.05) is 15.9 Å². The Morgan fingerprint density at radius 3 is 2.60 bits per heavy atom. The maximum atomic E-state index is 12.3. The lowest BCUT2D eigenvalue weighted by Gasteiger charge is -2.11. The summed E-state index contributed by atoms with van der Waals surface area (Å²) in [7, 11) is 1.51. The Morgan fingerprint density at radius 2 is 1.95 bits per heavy atom. The summed E-state index contributed by atoms with van der Waals surface area (Å²) in [6.45, 7) is 0. The molecule has 6 heteroatoms. The van der Waals surface area contributed by atoms with Crippen molar-refractivity contribution >= 4 is 49.1 Å². The molecule has 2 aromatic rings. The molecule has 0 aliphatic heterocycles. The molecule has 2 aromatic carbocycles. The molecule has 0 radical (unpaired) electrons. The van der Waals surface area contributed by atoms with Crippen LogP contribution in [-0.4, -0.2) is 13.0 Å². The summed E-state index contributed by atoms with van der Waals surface area (Å²) in [4.78, 5) is 12.3. The molecule has 0 aromatic heterocycles. The van der Waals surface area contributed by atoms with Crippen LogP contribution in [0.1, 0.15) is 10.4 Å². The SMILES string of the molecule is COc1ccc(N)cc1C(=O)Nc1ccc(Br)cc1Br. The van der Waals surface area contributed by atoms with Gasteiger partial charge in [0.05, 0.1) is 18.4 Å². The van der Waals surface area contributed by atoms with E-state index in [1.807, 2.05) is 12.1 Å². The second-order valence-electron chi connectivity index (χ2n) is 4.04. The number of methoxy groups -OCH3 is 1. The smallest absolute Gasteiger partial charge is 0.259 e. The normalized spacial score (nSPS) is 10.2. The maximum Gasteiger partial charge on any atom is 0.259 e. The van der Waals surface area contributed by atoms with Crippen molar-refractivity contribution in [3.8, 4) is 5.75 Å². The van der Waals surface area contributed by atoms with E-state index in [1.165, 1.54) is 7.11 Å². The minimum atomic E-state index is -0.280. The molecule has 0 saturated carbocycles. The Hall–Kier alpha value is -1.53. The topological polar surface area (TPSA) is 64.3 Å². The first-order valence-electron chi connectivity index (χ1n) is 5.71. The van der Waals surface area contributed by atoms with E-state index in [4.69, 9.17) is 10.5 Å². The number of rotatable bonds is 3. The van der Waals surface area contributed by atoms with Crippen molar-refractivity contribution in [2.75, 3.05) is 18.2 Å². The van der Waals surface area contributed by atoms with Crippen molar-refractivity contribution in [2.45, 2.75) is 0 Å². The Labute approximate surface area is 133 Å². The zero-order valence-electron chi connectivity index (χ0n) is 10.6. The first-order valence-corrected chi connectivity index (χ1v) is 7.30. The summed E-state index contributed by atoms with van der Waals surface area (Å²) in [5.74, 6) is 0.196. The van der Waals surface area contributed by atoms with E-state index in [9.17, 15) is 4.79 Å². The standard InChI is InChI=1S/C14H12Br2N2O2/c1-20-13-5-3-9(17)7-10(13)14(19)18-12-4-2-8(15)6-11(12)16/h2-7H,17H2,1H3,(H,18,19). The van der Waals surface area contributed by atoms with E-state index in [0.717, 1.165) is 8.95 Å². The molecule has 0 aliphatic carbocycles. The van der Waals surface area contributed by atoms with E-state index in [1.54, 1.807) is 24.3 Å². The number of hydrogen-bond acceptors (Lipinski definition) is 3. The minimum absolute atomic E-state index is 0.280. The van der Waals surface area contributed by atoms with Crippen LogP contribution < -0.4 is 15.8 Å². The van der Waals surface area contributed by atoms with Crippen LogP contribution in [0.25, 0.3) is 0 Å². The molecule has 3 N–H and O–H groups in total. The Balaban J connectivity index is 2.30. The van der Waals surface area contributed by atoms with Crippen LogP contribution in [0, 0.1) is 0 Å².